The third-order valence-electron chi connectivity index (χ3n) is 4.74. The molecule has 0 unspecified atom stereocenters. The van der Waals surface area contributed by atoms with Crippen molar-refractivity contribution in [3.05, 3.63) is 71.8 Å². The van der Waals surface area contributed by atoms with Crippen LogP contribution in [-0.2, 0) is 14.3 Å². The van der Waals surface area contributed by atoms with Crippen molar-refractivity contribution in [2.75, 3.05) is 39.5 Å². The summed E-state index contributed by atoms with van der Waals surface area (Å²) in [5.74, 6) is -0.0378. The Morgan fingerprint density at radius 2 is 1.44 bits per heavy atom. The van der Waals surface area contributed by atoms with E-state index < -0.39 is 0 Å². The number of carbonyl (C=O) groups is 1. The molecule has 2 aromatic rings. The van der Waals surface area contributed by atoms with Crippen LogP contribution in [0.1, 0.15) is 37.3 Å². The van der Waals surface area contributed by atoms with Crippen molar-refractivity contribution in [3.63, 3.8) is 0 Å². The van der Waals surface area contributed by atoms with Crippen LogP contribution in [0.4, 0.5) is 0 Å². The molecule has 27 heavy (non-hydrogen) atoms. The van der Waals surface area contributed by atoms with Gasteiger partial charge in [-0.2, -0.15) is 0 Å². The molecule has 0 aromatic heterocycles. The molecule has 4 nitrogen and oxygen atoms in total. The van der Waals surface area contributed by atoms with E-state index in [9.17, 15) is 4.79 Å². The van der Waals surface area contributed by atoms with Crippen molar-refractivity contribution in [2.24, 2.45) is 0 Å². The van der Waals surface area contributed by atoms with Gasteiger partial charge in [0.2, 0.25) is 0 Å². The Morgan fingerprint density at radius 1 is 0.889 bits per heavy atom. The van der Waals surface area contributed by atoms with Crippen molar-refractivity contribution in [1.82, 2.24) is 4.90 Å². The average Bonchev–Trinajstić information content (AvgIpc) is 2.72. The van der Waals surface area contributed by atoms with Crippen LogP contribution >= 0.6 is 0 Å². The Hall–Kier alpha value is -2.17. The van der Waals surface area contributed by atoms with Gasteiger partial charge in [0.05, 0.1) is 0 Å². The van der Waals surface area contributed by atoms with E-state index in [4.69, 9.17) is 9.47 Å². The summed E-state index contributed by atoms with van der Waals surface area (Å²) in [7, 11) is 0. The van der Waals surface area contributed by atoms with Gasteiger partial charge in [-0.05, 0) is 30.6 Å². The first-order valence-electron chi connectivity index (χ1n) is 9.80. The number of carbonyl (C=O) groups excluding carboxylic acids is 1. The Labute approximate surface area is 163 Å². The van der Waals surface area contributed by atoms with E-state index in [0.717, 1.165) is 26.1 Å². The predicted molar refractivity (Wildman–Crippen MR) is 109 cm³/mol. The Bertz CT molecular complexity index is 602. The van der Waals surface area contributed by atoms with Gasteiger partial charge in [-0.3, -0.25) is 0 Å². The van der Waals surface area contributed by atoms with Crippen LogP contribution < -0.4 is 0 Å². The molecule has 0 bridgehead atoms. The molecule has 0 N–H and O–H groups in total. The van der Waals surface area contributed by atoms with E-state index in [1.807, 2.05) is 12.1 Å². The van der Waals surface area contributed by atoms with Crippen molar-refractivity contribution in [1.29, 1.82) is 0 Å². The maximum absolute atomic E-state index is 11.8. The van der Waals surface area contributed by atoms with Crippen LogP contribution in [-0.4, -0.2) is 50.3 Å². The predicted octanol–water partition coefficient (Wildman–Crippen LogP) is 4.11. The number of esters is 1. The Kier molecular flexibility index (Phi) is 9.60. The van der Waals surface area contributed by atoms with Crippen LogP contribution in [0.3, 0.4) is 0 Å². The zero-order valence-electron chi connectivity index (χ0n) is 16.5. The van der Waals surface area contributed by atoms with Gasteiger partial charge in [0.1, 0.15) is 13.2 Å². The molecule has 2 rings (SSSR count). The molecular weight excluding hydrogens is 338 g/mol. The number of ether oxygens (including phenoxy) is 2. The van der Waals surface area contributed by atoms with E-state index in [-0.39, 0.29) is 18.5 Å². The number of benzene rings is 2. The summed E-state index contributed by atoms with van der Waals surface area (Å²) in [4.78, 5) is 14.0. The molecule has 0 aliphatic carbocycles. The van der Waals surface area contributed by atoms with E-state index in [1.165, 1.54) is 11.1 Å². The summed E-state index contributed by atoms with van der Waals surface area (Å²) in [6.45, 7) is 7.84. The van der Waals surface area contributed by atoms with Gasteiger partial charge in [-0.25, -0.2) is 4.79 Å². The zero-order valence-corrected chi connectivity index (χ0v) is 16.5. The summed E-state index contributed by atoms with van der Waals surface area (Å²) >= 11 is 0. The Balaban J connectivity index is 1.77. The fraction of sp³-hybridized carbons (Fsp3) is 0.435. The maximum atomic E-state index is 11.8. The number of rotatable bonds is 12. The molecule has 4 heteroatoms. The third-order valence-corrected chi connectivity index (χ3v) is 4.74. The molecule has 0 aliphatic rings. The number of nitrogens with zero attached hydrogens (tertiary/aromatic N) is 1. The van der Waals surface area contributed by atoms with Gasteiger partial charge in [-0.1, -0.05) is 74.5 Å². The minimum absolute atomic E-state index is 0.00848. The Morgan fingerprint density at radius 3 is 1.96 bits per heavy atom. The average molecular weight is 370 g/mol. The minimum Gasteiger partial charge on any atom is -0.463 e. The molecule has 0 spiro atoms. The molecule has 0 saturated carbocycles. The SMILES string of the molecule is CCN(CC)CCOC(=O)COCCC(c1ccccc1)c1ccccc1. The summed E-state index contributed by atoms with van der Waals surface area (Å²) in [5.41, 5.74) is 2.52. The molecular formula is C23H31NO3. The van der Waals surface area contributed by atoms with Crippen LogP contribution in [0.5, 0.6) is 0 Å². The fourth-order valence-electron chi connectivity index (χ4n) is 3.12. The highest BCUT2D eigenvalue weighted by atomic mass is 16.6. The molecule has 0 atom stereocenters. The standard InChI is InChI=1S/C23H31NO3/c1-3-24(4-2)16-18-27-23(25)19-26-17-15-22(20-11-7-5-8-12-20)21-13-9-6-10-14-21/h5-14,22H,3-4,15-19H2,1-2H3. The van der Waals surface area contributed by atoms with Crippen LogP contribution in [0.25, 0.3) is 0 Å². The maximum Gasteiger partial charge on any atom is 0.332 e. The lowest BCUT2D eigenvalue weighted by atomic mass is 9.89. The largest absolute Gasteiger partial charge is 0.463 e. The van der Waals surface area contributed by atoms with Crippen molar-refractivity contribution in [3.8, 4) is 0 Å². The van der Waals surface area contributed by atoms with E-state index in [0.29, 0.717) is 13.2 Å². The van der Waals surface area contributed by atoms with Crippen molar-refractivity contribution >= 4 is 5.97 Å². The van der Waals surface area contributed by atoms with Gasteiger partial charge in [-0.15, -0.1) is 0 Å². The lowest BCUT2D eigenvalue weighted by Crippen LogP contribution is -2.28. The third kappa shape index (κ3) is 7.53. The summed E-state index contributed by atoms with van der Waals surface area (Å²) in [5, 5.41) is 0. The highest BCUT2D eigenvalue weighted by Crippen LogP contribution is 2.27. The second-order valence-corrected chi connectivity index (χ2v) is 6.46. The molecule has 0 saturated heterocycles. The highest BCUT2D eigenvalue weighted by molar-refractivity contribution is 5.70. The molecule has 2 aromatic carbocycles. The van der Waals surface area contributed by atoms with E-state index in [2.05, 4.69) is 67.3 Å². The molecule has 0 heterocycles. The molecule has 0 amide bonds. The zero-order chi connectivity index (χ0) is 19.3. The lowest BCUT2D eigenvalue weighted by molar-refractivity contribution is -0.149. The molecule has 146 valence electrons. The monoisotopic (exact) mass is 369 g/mol. The van der Waals surface area contributed by atoms with Crippen molar-refractivity contribution < 1.29 is 14.3 Å². The summed E-state index contributed by atoms with van der Waals surface area (Å²) in [6.07, 6.45) is 0.820. The number of likely N-dealkylation sites (N-methyl/N-ethyl adjacent to an activating group) is 1. The number of hydrogen-bond acceptors (Lipinski definition) is 4. The van der Waals surface area contributed by atoms with Crippen LogP contribution in [0.2, 0.25) is 0 Å². The first kappa shape index (κ1) is 21.1. The minimum atomic E-state index is -0.293. The van der Waals surface area contributed by atoms with E-state index >= 15 is 0 Å². The van der Waals surface area contributed by atoms with Crippen molar-refractivity contribution in [2.45, 2.75) is 26.2 Å². The second kappa shape index (κ2) is 12.3. The van der Waals surface area contributed by atoms with Gasteiger partial charge in [0.15, 0.2) is 0 Å². The normalized spacial score (nSPS) is 11.1. The van der Waals surface area contributed by atoms with Crippen LogP contribution in [0.15, 0.2) is 60.7 Å². The van der Waals surface area contributed by atoms with Gasteiger partial charge in [0, 0.05) is 19.1 Å². The quantitative estimate of drug-likeness (QED) is 0.417. The smallest absolute Gasteiger partial charge is 0.332 e. The number of hydrogen-bond donors (Lipinski definition) is 0. The second-order valence-electron chi connectivity index (χ2n) is 6.46. The summed E-state index contributed by atoms with van der Waals surface area (Å²) in [6, 6.07) is 20.8. The first-order valence-corrected chi connectivity index (χ1v) is 9.80. The summed E-state index contributed by atoms with van der Waals surface area (Å²) < 4.78 is 10.8. The van der Waals surface area contributed by atoms with E-state index in [1.54, 1.807) is 0 Å². The topological polar surface area (TPSA) is 38.8 Å². The van der Waals surface area contributed by atoms with Gasteiger partial charge >= 0.3 is 5.97 Å². The first-order chi connectivity index (χ1) is 13.2. The molecule has 0 fully saturated rings. The molecule has 0 radical (unpaired) electrons. The molecule has 0 aliphatic heterocycles. The fourth-order valence-corrected chi connectivity index (χ4v) is 3.12. The van der Waals surface area contributed by atoms with Gasteiger partial charge in [0.25, 0.3) is 0 Å². The van der Waals surface area contributed by atoms with Gasteiger partial charge < -0.3 is 14.4 Å². The highest BCUT2D eigenvalue weighted by Gasteiger charge is 2.14. The lowest BCUT2D eigenvalue weighted by Gasteiger charge is -2.18. The van der Waals surface area contributed by atoms with Crippen LogP contribution in [0, 0.1) is 0 Å².